The van der Waals surface area contributed by atoms with Gasteiger partial charge in [-0.15, -0.1) is 0 Å². The first-order valence-electron chi connectivity index (χ1n) is 7.37. The van der Waals surface area contributed by atoms with Crippen molar-refractivity contribution in [1.29, 1.82) is 0 Å². The number of aromatic nitrogens is 3. The molecule has 5 rings (SSSR count). The third kappa shape index (κ3) is 2.03. The van der Waals surface area contributed by atoms with Crippen molar-refractivity contribution in [2.75, 3.05) is 5.73 Å². The van der Waals surface area contributed by atoms with E-state index in [1.165, 1.54) is 6.20 Å². The second kappa shape index (κ2) is 4.47. The highest BCUT2D eigenvalue weighted by Crippen LogP contribution is 2.67. The minimum atomic E-state index is -4.62. The molecule has 9 heteroatoms. The van der Waals surface area contributed by atoms with Gasteiger partial charge in [0.05, 0.1) is 16.8 Å². The summed E-state index contributed by atoms with van der Waals surface area (Å²) in [4.78, 5) is 7.78. The van der Waals surface area contributed by atoms with Crippen LogP contribution in [0.15, 0.2) is 18.5 Å². The highest BCUT2D eigenvalue weighted by atomic mass is 19.4. The number of nitrogen functional groups attached to an aromatic ring is 1. The van der Waals surface area contributed by atoms with Gasteiger partial charge in [-0.1, -0.05) is 0 Å². The Bertz CT molecular complexity index is 810. The summed E-state index contributed by atoms with van der Waals surface area (Å²) in [5, 5.41) is 9.48. The van der Waals surface area contributed by atoms with Crippen LogP contribution in [0.25, 0.3) is 11.3 Å². The number of anilines is 1. The van der Waals surface area contributed by atoms with Gasteiger partial charge in [0.2, 0.25) is 0 Å². The summed E-state index contributed by atoms with van der Waals surface area (Å²) in [7, 11) is 0. The van der Waals surface area contributed by atoms with E-state index in [2.05, 4.69) is 9.97 Å². The van der Waals surface area contributed by atoms with Crippen LogP contribution in [0, 0.1) is 0 Å². The van der Waals surface area contributed by atoms with Crippen molar-refractivity contribution in [2.24, 2.45) is 0 Å². The van der Waals surface area contributed by atoms with Gasteiger partial charge < -0.3 is 15.4 Å². The Labute approximate surface area is 134 Å². The molecular weight excluding hydrogens is 328 g/mol. The fraction of sp³-hybridized carbons (Fsp3) is 0.467. The molecule has 5 nitrogen and oxygen atoms in total. The lowest BCUT2D eigenvalue weighted by molar-refractivity contribution is -0.199. The van der Waals surface area contributed by atoms with Gasteiger partial charge in [-0.3, -0.25) is 0 Å². The van der Waals surface area contributed by atoms with E-state index >= 15 is 0 Å². The summed E-state index contributed by atoms with van der Waals surface area (Å²) >= 11 is 0. The maximum Gasteiger partial charge on any atom is 0.419 e. The standard InChI is InChI=1S/C15H14F4N4O/c16-13-5-14(6-13,7-13)23-3-10(22-11(23)4-24)8-1-9(15(17,18)19)12(20)21-2-8/h1-3,24H,4-7H2,(H2,20,21). The van der Waals surface area contributed by atoms with Gasteiger partial charge in [0, 0.05) is 37.2 Å². The van der Waals surface area contributed by atoms with E-state index in [9.17, 15) is 22.7 Å². The smallest absolute Gasteiger partial charge is 0.388 e. The Hall–Kier alpha value is -2.16. The zero-order valence-electron chi connectivity index (χ0n) is 12.4. The largest absolute Gasteiger partial charge is 0.419 e. The van der Waals surface area contributed by atoms with Crippen molar-refractivity contribution in [2.45, 2.75) is 43.3 Å². The van der Waals surface area contributed by atoms with E-state index in [0.717, 1.165) is 6.07 Å². The number of nitrogens with two attached hydrogens (primary N) is 1. The Balaban J connectivity index is 1.75. The second-order valence-electron chi connectivity index (χ2n) is 6.63. The molecule has 24 heavy (non-hydrogen) atoms. The fourth-order valence-corrected chi connectivity index (χ4v) is 3.79. The van der Waals surface area contributed by atoms with Crippen LogP contribution in [-0.2, 0) is 18.3 Å². The summed E-state index contributed by atoms with van der Waals surface area (Å²) in [5.41, 5.74) is 3.11. The Morgan fingerprint density at radius 1 is 1.29 bits per heavy atom. The van der Waals surface area contributed by atoms with E-state index in [1.807, 2.05) is 0 Å². The van der Waals surface area contributed by atoms with Gasteiger partial charge in [-0.2, -0.15) is 13.2 Å². The first-order chi connectivity index (χ1) is 11.2. The molecule has 3 saturated carbocycles. The van der Waals surface area contributed by atoms with E-state index in [-0.39, 0.29) is 17.9 Å². The van der Waals surface area contributed by atoms with Crippen LogP contribution in [0.3, 0.4) is 0 Å². The van der Waals surface area contributed by atoms with E-state index in [0.29, 0.717) is 25.1 Å². The predicted molar refractivity (Wildman–Crippen MR) is 76.5 cm³/mol. The highest BCUT2D eigenvalue weighted by molar-refractivity contribution is 5.62. The minimum absolute atomic E-state index is 0.145. The molecule has 2 heterocycles. The summed E-state index contributed by atoms with van der Waals surface area (Å²) in [5.74, 6) is -0.302. The van der Waals surface area contributed by atoms with Gasteiger partial charge in [0.15, 0.2) is 0 Å². The van der Waals surface area contributed by atoms with Crippen molar-refractivity contribution < 1.29 is 22.7 Å². The van der Waals surface area contributed by atoms with Crippen LogP contribution >= 0.6 is 0 Å². The van der Waals surface area contributed by atoms with E-state index in [1.54, 1.807) is 10.8 Å². The van der Waals surface area contributed by atoms with Crippen LogP contribution in [0.4, 0.5) is 23.4 Å². The number of pyridine rings is 1. The molecule has 0 unspecified atom stereocenters. The molecule has 3 N–H and O–H groups in total. The van der Waals surface area contributed by atoms with Crippen molar-refractivity contribution in [3.63, 3.8) is 0 Å². The molecule has 0 saturated heterocycles. The van der Waals surface area contributed by atoms with Crippen LogP contribution in [0.2, 0.25) is 0 Å². The SMILES string of the molecule is Nc1ncc(-c2cn(C34CC(F)(C3)C4)c(CO)n2)cc1C(F)(F)F. The number of rotatable bonds is 3. The molecule has 0 spiro atoms. The number of imidazole rings is 1. The Kier molecular flexibility index (Phi) is 2.86. The molecule has 0 amide bonds. The van der Waals surface area contributed by atoms with Crippen molar-refractivity contribution in [3.05, 3.63) is 29.8 Å². The molecule has 0 aromatic carbocycles. The fourth-order valence-electron chi connectivity index (χ4n) is 3.79. The molecular formula is C15H14F4N4O. The third-order valence-corrected chi connectivity index (χ3v) is 4.89. The molecule has 0 radical (unpaired) electrons. The zero-order chi connectivity index (χ0) is 17.3. The number of aliphatic hydroxyl groups excluding tert-OH is 1. The molecule has 128 valence electrons. The van der Waals surface area contributed by atoms with Gasteiger partial charge in [-0.25, -0.2) is 14.4 Å². The number of nitrogens with zero attached hydrogens (tertiary/aromatic N) is 3. The molecule has 0 atom stereocenters. The zero-order valence-corrected chi connectivity index (χ0v) is 12.4. The van der Waals surface area contributed by atoms with Crippen LogP contribution in [-0.4, -0.2) is 25.3 Å². The summed E-state index contributed by atoms with van der Waals surface area (Å²) in [6.07, 6.45) is -0.831. The number of hydrogen-bond donors (Lipinski definition) is 2. The van der Waals surface area contributed by atoms with Gasteiger partial charge >= 0.3 is 6.18 Å². The predicted octanol–water partition coefficient (Wildman–Crippen LogP) is 2.64. The number of alkyl halides is 4. The highest BCUT2D eigenvalue weighted by Gasteiger charge is 2.70. The van der Waals surface area contributed by atoms with Gasteiger partial charge in [0.25, 0.3) is 0 Å². The minimum Gasteiger partial charge on any atom is -0.388 e. The van der Waals surface area contributed by atoms with Crippen LogP contribution in [0.1, 0.15) is 30.7 Å². The maximum absolute atomic E-state index is 13.8. The molecule has 2 aromatic rings. The third-order valence-electron chi connectivity index (χ3n) is 4.89. The quantitative estimate of drug-likeness (QED) is 0.841. The van der Waals surface area contributed by atoms with Crippen LogP contribution in [0.5, 0.6) is 0 Å². The summed E-state index contributed by atoms with van der Waals surface area (Å²) in [6.45, 7) is -0.379. The maximum atomic E-state index is 13.8. The van der Waals surface area contributed by atoms with Gasteiger partial charge in [0.1, 0.15) is 23.9 Å². The second-order valence-corrected chi connectivity index (χ2v) is 6.63. The molecule has 3 aliphatic rings. The monoisotopic (exact) mass is 342 g/mol. The average Bonchev–Trinajstić information content (AvgIpc) is 2.86. The van der Waals surface area contributed by atoms with E-state index < -0.39 is 28.8 Å². The normalized spacial score (nSPS) is 28.4. The van der Waals surface area contributed by atoms with Crippen molar-refractivity contribution in [3.8, 4) is 11.3 Å². The van der Waals surface area contributed by atoms with Gasteiger partial charge in [-0.05, 0) is 6.07 Å². The summed E-state index contributed by atoms with van der Waals surface area (Å²) < 4.78 is 54.3. The lowest BCUT2D eigenvalue weighted by atomic mass is 9.47. The number of halogens is 4. The van der Waals surface area contributed by atoms with Crippen molar-refractivity contribution >= 4 is 5.82 Å². The topological polar surface area (TPSA) is 77.0 Å². The van der Waals surface area contributed by atoms with Crippen LogP contribution < -0.4 is 5.73 Å². The molecule has 3 fully saturated rings. The molecule has 2 aromatic heterocycles. The van der Waals surface area contributed by atoms with E-state index in [4.69, 9.17) is 5.73 Å². The first-order valence-corrected chi connectivity index (χ1v) is 7.37. The number of hydrogen-bond acceptors (Lipinski definition) is 4. The first kappa shape index (κ1) is 15.4. The average molecular weight is 342 g/mol. The Morgan fingerprint density at radius 3 is 2.50 bits per heavy atom. The summed E-state index contributed by atoms with van der Waals surface area (Å²) in [6, 6.07) is 0.884. The Morgan fingerprint density at radius 2 is 1.96 bits per heavy atom. The molecule has 0 aliphatic heterocycles. The lowest BCUT2D eigenvalue weighted by Gasteiger charge is -2.66. The lowest BCUT2D eigenvalue weighted by Crippen LogP contribution is -2.70. The number of aliphatic hydroxyl groups is 1. The molecule has 2 bridgehead atoms. The van der Waals surface area contributed by atoms with Crippen molar-refractivity contribution in [1.82, 2.24) is 14.5 Å². The molecule has 3 aliphatic carbocycles.